The smallest absolute Gasteiger partial charge is 0.226 e. The number of aliphatic hydroxyl groups excluding tert-OH is 3. The minimum absolute atomic E-state index is 0.380. The Hall–Kier alpha value is -2.01. The van der Waals surface area contributed by atoms with Gasteiger partial charge < -0.3 is 30.7 Å². The lowest BCUT2D eigenvalue weighted by Gasteiger charge is -2.16. The molecule has 1 fully saturated rings. The molecule has 5 N–H and O–H groups in total. The lowest BCUT2D eigenvalue weighted by Crippen LogP contribution is -2.33. The number of nitrogens with zero attached hydrogens (tertiary/aromatic N) is 4. The number of imidazole rings is 1. The zero-order chi connectivity index (χ0) is 15.9. The van der Waals surface area contributed by atoms with E-state index in [0.29, 0.717) is 22.9 Å². The van der Waals surface area contributed by atoms with Crippen molar-refractivity contribution in [2.45, 2.75) is 24.5 Å². The van der Waals surface area contributed by atoms with Crippen LogP contribution in [-0.2, 0) is 4.74 Å². The highest BCUT2D eigenvalue weighted by atomic mass is 16.6. The van der Waals surface area contributed by atoms with Gasteiger partial charge in [-0.05, 0) is 0 Å². The molecule has 1 saturated heterocycles. The number of aliphatic hydroxyl groups is 3. The van der Waals surface area contributed by atoms with Gasteiger partial charge in [0, 0.05) is 14.1 Å². The van der Waals surface area contributed by atoms with Crippen LogP contribution in [0.2, 0.25) is 0 Å². The molecule has 0 aromatic carbocycles. The molecule has 10 heteroatoms. The summed E-state index contributed by atoms with van der Waals surface area (Å²) in [6, 6.07) is 0. The molecule has 0 aliphatic carbocycles. The Kier molecular flexibility index (Phi) is 3.83. The number of hydrogen-bond acceptors (Lipinski definition) is 9. The first kappa shape index (κ1) is 14.9. The molecule has 0 amide bonds. The summed E-state index contributed by atoms with van der Waals surface area (Å²) in [6.45, 7) is -0.389. The first-order valence-electron chi connectivity index (χ1n) is 6.83. The zero-order valence-corrected chi connectivity index (χ0v) is 12.1. The lowest BCUT2D eigenvalue weighted by molar-refractivity contribution is -0.0511. The fraction of sp³-hybridized carbons (Fsp3) is 0.583. The third-order valence-electron chi connectivity index (χ3n) is 3.67. The van der Waals surface area contributed by atoms with Gasteiger partial charge in [-0.2, -0.15) is 9.97 Å². The molecule has 0 spiro atoms. The number of nitrogens with one attached hydrogen (secondary N) is 2. The SMILES string of the molecule is CNc1nc(NC)c2ncn(C3OC(CO)C(O)C3O)c2n1. The molecule has 0 bridgehead atoms. The predicted octanol–water partition coefficient (Wildman–Crippen LogP) is -1.48. The summed E-state index contributed by atoms with van der Waals surface area (Å²) in [6.07, 6.45) is -2.66. The molecular weight excluding hydrogens is 292 g/mol. The summed E-state index contributed by atoms with van der Waals surface area (Å²) in [4.78, 5) is 12.8. The van der Waals surface area contributed by atoms with E-state index < -0.39 is 24.5 Å². The van der Waals surface area contributed by atoms with Gasteiger partial charge in [0.2, 0.25) is 5.95 Å². The van der Waals surface area contributed by atoms with Gasteiger partial charge in [0.1, 0.15) is 18.3 Å². The number of hydrogen-bond donors (Lipinski definition) is 5. The van der Waals surface area contributed by atoms with Crippen molar-refractivity contribution in [3.63, 3.8) is 0 Å². The molecule has 0 saturated carbocycles. The summed E-state index contributed by atoms with van der Waals surface area (Å²) < 4.78 is 7.02. The molecule has 22 heavy (non-hydrogen) atoms. The molecule has 3 heterocycles. The topological polar surface area (TPSA) is 138 Å². The number of anilines is 2. The maximum absolute atomic E-state index is 10.1. The van der Waals surface area contributed by atoms with Crippen molar-refractivity contribution in [1.82, 2.24) is 19.5 Å². The minimum atomic E-state index is -1.19. The second-order valence-electron chi connectivity index (χ2n) is 4.95. The molecule has 120 valence electrons. The van der Waals surface area contributed by atoms with Crippen molar-refractivity contribution in [2.24, 2.45) is 0 Å². The molecule has 4 unspecified atom stereocenters. The van der Waals surface area contributed by atoms with E-state index in [1.54, 1.807) is 14.1 Å². The molecule has 2 aromatic rings. The van der Waals surface area contributed by atoms with E-state index in [2.05, 4.69) is 25.6 Å². The molecular formula is C12H18N6O4. The van der Waals surface area contributed by atoms with Crippen LogP contribution in [-0.4, -0.2) is 73.9 Å². The van der Waals surface area contributed by atoms with Gasteiger partial charge in [-0.15, -0.1) is 0 Å². The largest absolute Gasteiger partial charge is 0.394 e. The molecule has 3 rings (SSSR count). The van der Waals surface area contributed by atoms with Crippen LogP contribution in [0.1, 0.15) is 6.23 Å². The van der Waals surface area contributed by atoms with Crippen molar-refractivity contribution >= 4 is 22.9 Å². The van der Waals surface area contributed by atoms with Crippen LogP contribution in [0.25, 0.3) is 11.2 Å². The second-order valence-corrected chi connectivity index (χ2v) is 4.95. The van der Waals surface area contributed by atoms with Crippen LogP contribution in [0.15, 0.2) is 6.33 Å². The Labute approximate surface area is 125 Å². The number of rotatable bonds is 4. The fourth-order valence-corrected chi connectivity index (χ4v) is 2.50. The van der Waals surface area contributed by atoms with Crippen LogP contribution < -0.4 is 10.6 Å². The Bertz CT molecular complexity index is 677. The second kappa shape index (κ2) is 5.65. The summed E-state index contributed by atoms with van der Waals surface area (Å²) in [5.41, 5.74) is 0.956. The maximum atomic E-state index is 10.1. The third-order valence-corrected chi connectivity index (χ3v) is 3.67. The molecule has 2 aromatic heterocycles. The van der Waals surface area contributed by atoms with E-state index in [1.165, 1.54) is 10.9 Å². The number of fused-ring (bicyclic) bond motifs is 1. The van der Waals surface area contributed by atoms with Crippen LogP contribution in [0.5, 0.6) is 0 Å². The minimum Gasteiger partial charge on any atom is -0.394 e. The van der Waals surface area contributed by atoms with Crippen molar-refractivity contribution < 1.29 is 20.1 Å². The van der Waals surface area contributed by atoms with Crippen LogP contribution in [0.4, 0.5) is 11.8 Å². The summed E-state index contributed by atoms with van der Waals surface area (Å²) in [5.74, 6) is 0.908. The van der Waals surface area contributed by atoms with Gasteiger partial charge in [0.25, 0.3) is 0 Å². The summed E-state index contributed by atoms with van der Waals surface area (Å²) in [7, 11) is 3.40. The Morgan fingerprint density at radius 1 is 1.23 bits per heavy atom. The van der Waals surface area contributed by atoms with Gasteiger partial charge in [0.05, 0.1) is 12.9 Å². The average Bonchev–Trinajstić information content (AvgIpc) is 3.08. The average molecular weight is 310 g/mol. The van der Waals surface area contributed by atoms with E-state index >= 15 is 0 Å². The van der Waals surface area contributed by atoms with E-state index in [0.717, 1.165) is 0 Å². The van der Waals surface area contributed by atoms with Gasteiger partial charge in [-0.3, -0.25) is 4.57 Å². The number of ether oxygens (including phenoxy) is 1. The van der Waals surface area contributed by atoms with Crippen LogP contribution in [0.3, 0.4) is 0 Å². The first-order chi connectivity index (χ1) is 10.6. The van der Waals surface area contributed by atoms with Crippen molar-refractivity contribution in [3.05, 3.63) is 6.33 Å². The van der Waals surface area contributed by atoms with Crippen LogP contribution >= 0.6 is 0 Å². The molecule has 10 nitrogen and oxygen atoms in total. The van der Waals surface area contributed by atoms with Crippen molar-refractivity contribution in [1.29, 1.82) is 0 Å². The zero-order valence-electron chi connectivity index (χ0n) is 12.1. The Morgan fingerprint density at radius 3 is 2.59 bits per heavy atom. The van der Waals surface area contributed by atoms with E-state index in [-0.39, 0.29) is 6.61 Å². The highest BCUT2D eigenvalue weighted by Crippen LogP contribution is 2.32. The predicted molar refractivity (Wildman–Crippen MR) is 77.4 cm³/mol. The quantitative estimate of drug-likeness (QED) is 0.458. The Balaban J connectivity index is 2.08. The van der Waals surface area contributed by atoms with Gasteiger partial charge in [-0.25, -0.2) is 4.98 Å². The van der Waals surface area contributed by atoms with Gasteiger partial charge >= 0.3 is 0 Å². The molecule has 1 aliphatic heterocycles. The van der Waals surface area contributed by atoms with Crippen LogP contribution in [0, 0.1) is 0 Å². The summed E-state index contributed by atoms with van der Waals surface area (Å²) >= 11 is 0. The molecule has 4 atom stereocenters. The highest BCUT2D eigenvalue weighted by Gasteiger charge is 2.44. The van der Waals surface area contributed by atoms with Gasteiger partial charge in [-0.1, -0.05) is 0 Å². The number of aromatic nitrogens is 4. The third kappa shape index (κ3) is 2.16. The van der Waals surface area contributed by atoms with Gasteiger partial charge in [0.15, 0.2) is 23.2 Å². The van der Waals surface area contributed by atoms with Crippen molar-refractivity contribution in [2.75, 3.05) is 31.3 Å². The molecule has 0 radical (unpaired) electrons. The summed E-state index contributed by atoms with van der Waals surface area (Å²) in [5, 5.41) is 35.0. The van der Waals surface area contributed by atoms with Crippen molar-refractivity contribution in [3.8, 4) is 0 Å². The van der Waals surface area contributed by atoms with E-state index in [9.17, 15) is 15.3 Å². The van der Waals surface area contributed by atoms with E-state index in [4.69, 9.17) is 4.74 Å². The normalized spacial score (nSPS) is 28.2. The first-order valence-corrected chi connectivity index (χ1v) is 6.83. The monoisotopic (exact) mass is 310 g/mol. The highest BCUT2D eigenvalue weighted by molar-refractivity contribution is 5.84. The lowest BCUT2D eigenvalue weighted by atomic mass is 10.1. The fourth-order valence-electron chi connectivity index (χ4n) is 2.50. The maximum Gasteiger partial charge on any atom is 0.226 e. The molecule has 1 aliphatic rings. The Morgan fingerprint density at radius 2 is 2.00 bits per heavy atom. The van der Waals surface area contributed by atoms with E-state index in [1.807, 2.05) is 0 Å². The standard InChI is InChI=1S/C12H18N6O4/c1-13-9-6-10(17-12(14-2)16-9)18(4-15-6)11-8(21)7(20)5(3-19)22-11/h4-5,7-8,11,19-21H,3H2,1-2H3,(H2,13,14,16,17).